The van der Waals surface area contributed by atoms with Crippen molar-refractivity contribution in [2.24, 2.45) is 5.73 Å². The maximum Gasteiger partial charge on any atom is 0.255 e. The van der Waals surface area contributed by atoms with Crippen molar-refractivity contribution in [2.75, 3.05) is 13.1 Å². The van der Waals surface area contributed by atoms with E-state index in [9.17, 15) is 4.79 Å². The Morgan fingerprint density at radius 3 is 3.00 bits per heavy atom. The summed E-state index contributed by atoms with van der Waals surface area (Å²) in [7, 11) is 0. The summed E-state index contributed by atoms with van der Waals surface area (Å²) in [6.45, 7) is 3.50. The number of benzene rings is 1. The van der Waals surface area contributed by atoms with E-state index in [2.05, 4.69) is 15.9 Å². The molecule has 1 aromatic rings. The second-order valence-corrected chi connectivity index (χ2v) is 6.06. The normalized spacial score (nSPS) is 19.5. The molecule has 4 heteroatoms. The van der Waals surface area contributed by atoms with Crippen LogP contribution in [0, 0.1) is 6.92 Å². The zero-order chi connectivity index (χ0) is 13.8. The molecule has 104 valence electrons. The zero-order valence-corrected chi connectivity index (χ0v) is 12.9. The molecule has 0 aromatic heterocycles. The lowest BCUT2D eigenvalue weighted by atomic mass is 9.98. The highest BCUT2D eigenvalue weighted by molar-refractivity contribution is 9.10. The summed E-state index contributed by atoms with van der Waals surface area (Å²) in [6.07, 6.45) is 4.27. The molecule has 1 unspecified atom stereocenters. The molecule has 2 N–H and O–H groups in total. The number of nitrogens with two attached hydrogens (primary N) is 1. The summed E-state index contributed by atoms with van der Waals surface area (Å²) in [4.78, 5) is 14.7. The quantitative estimate of drug-likeness (QED) is 0.928. The van der Waals surface area contributed by atoms with Gasteiger partial charge in [-0.2, -0.15) is 0 Å². The molecule has 1 aliphatic rings. The summed E-state index contributed by atoms with van der Waals surface area (Å²) in [6, 6.07) is 6.22. The van der Waals surface area contributed by atoms with Gasteiger partial charge < -0.3 is 10.6 Å². The summed E-state index contributed by atoms with van der Waals surface area (Å²) in [5.74, 6) is 0.133. The first kappa shape index (κ1) is 14.5. The van der Waals surface area contributed by atoms with Gasteiger partial charge in [-0.1, -0.05) is 11.6 Å². The van der Waals surface area contributed by atoms with Gasteiger partial charge in [0.05, 0.1) is 5.56 Å². The molecular weight excluding hydrogens is 304 g/mol. The lowest BCUT2D eigenvalue weighted by Crippen LogP contribution is -2.44. The fourth-order valence-corrected chi connectivity index (χ4v) is 3.13. The van der Waals surface area contributed by atoms with Crippen LogP contribution in [0.15, 0.2) is 22.7 Å². The molecule has 1 atom stereocenters. The first-order valence-corrected chi connectivity index (χ1v) is 7.70. The largest absolute Gasteiger partial charge is 0.336 e. The SMILES string of the molecule is Cc1ccc(Br)c(C(=O)N2CCCCC2CCN)c1. The van der Waals surface area contributed by atoms with Crippen LogP contribution in [0.4, 0.5) is 0 Å². The Balaban J connectivity index is 2.23. The molecule has 1 heterocycles. The van der Waals surface area contributed by atoms with Gasteiger partial charge in [-0.05, 0) is 67.2 Å². The molecule has 0 radical (unpaired) electrons. The fourth-order valence-electron chi connectivity index (χ4n) is 2.72. The Hall–Kier alpha value is -0.870. The molecule has 19 heavy (non-hydrogen) atoms. The summed E-state index contributed by atoms with van der Waals surface area (Å²) >= 11 is 3.48. The molecule has 1 aliphatic heterocycles. The maximum absolute atomic E-state index is 12.7. The molecule has 1 aromatic carbocycles. The van der Waals surface area contributed by atoms with E-state index in [1.165, 1.54) is 6.42 Å². The number of likely N-dealkylation sites (tertiary alicyclic amines) is 1. The number of hydrogen-bond acceptors (Lipinski definition) is 2. The van der Waals surface area contributed by atoms with E-state index < -0.39 is 0 Å². The Morgan fingerprint density at radius 2 is 2.26 bits per heavy atom. The highest BCUT2D eigenvalue weighted by Gasteiger charge is 2.27. The summed E-state index contributed by atoms with van der Waals surface area (Å²) in [5, 5.41) is 0. The van der Waals surface area contributed by atoms with Crippen LogP contribution in [0.2, 0.25) is 0 Å². The predicted molar refractivity (Wildman–Crippen MR) is 81.2 cm³/mol. The van der Waals surface area contributed by atoms with Gasteiger partial charge in [-0.15, -0.1) is 0 Å². The lowest BCUT2D eigenvalue weighted by molar-refractivity contribution is 0.0604. The molecule has 0 bridgehead atoms. The third-order valence-electron chi connectivity index (χ3n) is 3.74. The predicted octanol–water partition coefficient (Wildman–Crippen LogP) is 3.10. The Morgan fingerprint density at radius 1 is 1.47 bits per heavy atom. The first-order chi connectivity index (χ1) is 9.13. The Bertz CT molecular complexity index is 459. The van der Waals surface area contributed by atoms with Gasteiger partial charge in [-0.25, -0.2) is 0 Å². The number of nitrogens with zero attached hydrogens (tertiary/aromatic N) is 1. The number of halogens is 1. The summed E-state index contributed by atoms with van der Waals surface area (Å²) < 4.78 is 0.875. The van der Waals surface area contributed by atoms with Crippen molar-refractivity contribution in [1.82, 2.24) is 4.90 Å². The minimum Gasteiger partial charge on any atom is -0.336 e. The third-order valence-corrected chi connectivity index (χ3v) is 4.43. The van der Waals surface area contributed by atoms with Crippen LogP contribution >= 0.6 is 15.9 Å². The van der Waals surface area contributed by atoms with Gasteiger partial charge in [0.25, 0.3) is 5.91 Å². The van der Waals surface area contributed by atoms with Crippen molar-refractivity contribution < 1.29 is 4.79 Å². The average Bonchev–Trinajstić information content (AvgIpc) is 2.42. The van der Waals surface area contributed by atoms with Gasteiger partial charge in [0.1, 0.15) is 0 Å². The molecule has 0 aliphatic carbocycles. The van der Waals surface area contributed by atoms with Crippen LogP contribution in [0.3, 0.4) is 0 Å². The van der Waals surface area contributed by atoms with Crippen molar-refractivity contribution >= 4 is 21.8 Å². The van der Waals surface area contributed by atoms with Crippen molar-refractivity contribution in [2.45, 2.75) is 38.6 Å². The van der Waals surface area contributed by atoms with Crippen LogP contribution in [-0.4, -0.2) is 29.9 Å². The average molecular weight is 325 g/mol. The number of carbonyl (C=O) groups is 1. The number of carbonyl (C=O) groups excluding carboxylic acids is 1. The maximum atomic E-state index is 12.7. The molecule has 0 saturated carbocycles. The third kappa shape index (κ3) is 3.37. The molecular formula is C15H21BrN2O. The van der Waals surface area contributed by atoms with E-state index in [0.29, 0.717) is 12.6 Å². The fraction of sp³-hybridized carbons (Fsp3) is 0.533. The van der Waals surface area contributed by atoms with E-state index in [0.717, 1.165) is 41.4 Å². The van der Waals surface area contributed by atoms with Crippen LogP contribution in [0.25, 0.3) is 0 Å². The van der Waals surface area contributed by atoms with E-state index in [4.69, 9.17) is 5.73 Å². The van der Waals surface area contributed by atoms with Gasteiger partial charge >= 0.3 is 0 Å². The topological polar surface area (TPSA) is 46.3 Å². The standard InChI is InChI=1S/C15H21BrN2O/c1-11-5-6-14(16)13(10-11)15(19)18-9-3-2-4-12(18)7-8-17/h5-6,10,12H,2-4,7-9,17H2,1H3. The van der Waals surface area contributed by atoms with Crippen molar-refractivity contribution in [3.05, 3.63) is 33.8 Å². The van der Waals surface area contributed by atoms with Gasteiger partial charge in [0.2, 0.25) is 0 Å². The molecule has 3 nitrogen and oxygen atoms in total. The highest BCUT2D eigenvalue weighted by Crippen LogP contribution is 2.25. The van der Waals surface area contributed by atoms with Crippen molar-refractivity contribution in [3.8, 4) is 0 Å². The monoisotopic (exact) mass is 324 g/mol. The van der Waals surface area contributed by atoms with E-state index >= 15 is 0 Å². The number of piperidine rings is 1. The second-order valence-electron chi connectivity index (χ2n) is 5.21. The van der Waals surface area contributed by atoms with Crippen molar-refractivity contribution in [3.63, 3.8) is 0 Å². The molecule has 1 saturated heterocycles. The van der Waals surface area contributed by atoms with E-state index in [-0.39, 0.29) is 5.91 Å². The van der Waals surface area contributed by atoms with Crippen LogP contribution < -0.4 is 5.73 Å². The molecule has 2 rings (SSSR count). The molecule has 0 spiro atoms. The minimum atomic E-state index is 0.133. The Labute approximate surface area is 123 Å². The van der Waals surface area contributed by atoms with Gasteiger partial charge in [-0.3, -0.25) is 4.79 Å². The molecule has 1 fully saturated rings. The highest BCUT2D eigenvalue weighted by atomic mass is 79.9. The minimum absolute atomic E-state index is 0.133. The number of amides is 1. The number of rotatable bonds is 3. The van der Waals surface area contributed by atoms with E-state index in [1.54, 1.807) is 0 Å². The first-order valence-electron chi connectivity index (χ1n) is 6.90. The lowest BCUT2D eigenvalue weighted by Gasteiger charge is -2.36. The number of aryl methyl sites for hydroxylation is 1. The van der Waals surface area contributed by atoms with Crippen LogP contribution in [0.1, 0.15) is 41.6 Å². The van der Waals surface area contributed by atoms with Crippen molar-refractivity contribution in [1.29, 1.82) is 0 Å². The van der Waals surface area contributed by atoms with Crippen LogP contribution in [-0.2, 0) is 0 Å². The van der Waals surface area contributed by atoms with Gasteiger partial charge in [0.15, 0.2) is 0 Å². The summed E-state index contributed by atoms with van der Waals surface area (Å²) in [5.41, 5.74) is 7.54. The Kier molecular flexibility index (Phi) is 4.99. The molecule has 1 amide bonds. The zero-order valence-electron chi connectivity index (χ0n) is 11.4. The number of hydrogen-bond donors (Lipinski definition) is 1. The van der Waals surface area contributed by atoms with Crippen LogP contribution in [0.5, 0.6) is 0 Å². The smallest absolute Gasteiger partial charge is 0.255 e. The van der Waals surface area contributed by atoms with E-state index in [1.807, 2.05) is 30.0 Å². The second kappa shape index (κ2) is 6.53. The van der Waals surface area contributed by atoms with Gasteiger partial charge in [0, 0.05) is 17.1 Å².